The minimum atomic E-state index is -1.14. The first-order valence-corrected chi connectivity index (χ1v) is 12.9. The molecule has 9 heteroatoms. The molecule has 0 saturated heterocycles. The Kier molecular flexibility index (Phi) is 6.86. The SMILES string of the molecule is COC(=O)C1=C(N)N(c2cccc(F)c2)C2=C(C(=O)[C@H](C(=O)OC)[C@H](c3ccccc3)C2)[C@@H]1c1ccsc1. The van der Waals surface area contributed by atoms with Gasteiger partial charge in [-0.3, -0.25) is 14.5 Å². The summed E-state index contributed by atoms with van der Waals surface area (Å²) in [5.74, 6) is -4.92. The highest BCUT2D eigenvalue weighted by atomic mass is 32.1. The number of rotatable bonds is 5. The van der Waals surface area contributed by atoms with Crippen LogP contribution in [0.5, 0.6) is 0 Å². The van der Waals surface area contributed by atoms with E-state index in [0.29, 0.717) is 16.9 Å². The molecule has 0 spiro atoms. The first kappa shape index (κ1) is 25.4. The van der Waals surface area contributed by atoms with Crippen molar-refractivity contribution in [1.82, 2.24) is 0 Å². The van der Waals surface area contributed by atoms with Crippen molar-refractivity contribution < 1.29 is 28.2 Å². The summed E-state index contributed by atoms with van der Waals surface area (Å²) < 4.78 is 24.6. The van der Waals surface area contributed by atoms with Crippen LogP contribution in [0.3, 0.4) is 0 Å². The minimum absolute atomic E-state index is 0.0357. The van der Waals surface area contributed by atoms with Crippen LogP contribution in [0.2, 0.25) is 0 Å². The van der Waals surface area contributed by atoms with E-state index in [9.17, 15) is 18.8 Å². The molecule has 0 bridgehead atoms. The maximum Gasteiger partial charge on any atom is 0.338 e. The van der Waals surface area contributed by atoms with Gasteiger partial charge in [-0.25, -0.2) is 9.18 Å². The number of carbonyl (C=O) groups is 3. The predicted octanol–water partition coefficient (Wildman–Crippen LogP) is 4.63. The first-order valence-electron chi connectivity index (χ1n) is 11.9. The number of carbonyl (C=O) groups excluding carboxylic acids is 3. The van der Waals surface area contributed by atoms with Crippen molar-refractivity contribution >= 4 is 34.7 Å². The molecule has 194 valence electrons. The summed E-state index contributed by atoms with van der Waals surface area (Å²) in [4.78, 5) is 42.2. The monoisotopic (exact) mass is 532 g/mol. The molecule has 2 aliphatic rings. The summed E-state index contributed by atoms with van der Waals surface area (Å²) in [5.41, 5.74) is 9.25. The number of Topliss-reactive ketones (excluding diaryl/α,β-unsaturated/α-hetero) is 1. The van der Waals surface area contributed by atoms with Crippen molar-refractivity contribution in [3.8, 4) is 0 Å². The summed E-state index contributed by atoms with van der Waals surface area (Å²) >= 11 is 1.40. The lowest BCUT2D eigenvalue weighted by molar-refractivity contribution is -0.150. The molecule has 2 heterocycles. The van der Waals surface area contributed by atoms with Crippen molar-refractivity contribution in [1.29, 1.82) is 0 Å². The van der Waals surface area contributed by atoms with Gasteiger partial charge in [0.25, 0.3) is 0 Å². The third-order valence-electron chi connectivity index (χ3n) is 7.07. The van der Waals surface area contributed by atoms with Crippen molar-refractivity contribution in [3.05, 3.63) is 111 Å². The Hall–Kier alpha value is -4.24. The number of benzene rings is 2. The van der Waals surface area contributed by atoms with Crippen LogP contribution in [-0.4, -0.2) is 31.9 Å². The number of esters is 2. The number of nitrogens with zero attached hydrogens (tertiary/aromatic N) is 1. The van der Waals surface area contributed by atoms with Gasteiger partial charge in [0, 0.05) is 17.2 Å². The van der Waals surface area contributed by atoms with E-state index in [2.05, 4.69) is 0 Å². The van der Waals surface area contributed by atoms with Gasteiger partial charge in [0.15, 0.2) is 5.78 Å². The lowest BCUT2D eigenvalue weighted by Gasteiger charge is -2.43. The Bertz CT molecular complexity index is 1470. The van der Waals surface area contributed by atoms with Crippen LogP contribution in [0.15, 0.2) is 94.1 Å². The molecule has 0 amide bonds. The predicted molar refractivity (Wildman–Crippen MR) is 141 cm³/mol. The lowest BCUT2D eigenvalue weighted by Crippen LogP contribution is -2.46. The topological polar surface area (TPSA) is 98.9 Å². The van der Waals surface area contributed by atoms with E-state index in [1.54, 1.807) is 12.1 Å². The number of hydrogen-bond donors (Lipinski definition) is 1. The van der Waals surface area contributed by atoms with Crippen molar-refractivity contribution in [2.24, 2.45) is 11.7 Å². The van der Waals surface area contributed by atoms with E-state index in [1.165, 1.54) is 48.7 Å². The van der Waals surface area contributed by atoms with E-state index < -0.39 is 41.3 Å². The fourth-order valence-electron chi connectivity index (χ4n) is 5.43. The molecule has 1 aliphatic heterocycles. The van der Waals surface area contributed by atoms with Crippen molar-refractivity contribution in [2.75, 3.05) is 19.1 Å². The molecule has 2 aromatic carbocycles. The first-order chi connectivity index (χ1) is 18.4. The molecule has 1 aliphatic carbocycles. The average molecular weight is 533 g/mol. The second-order valence-electron chi connectivity index (χ2n) is 9.04. The molecule has 0 saturated carbocycles. The van der Waals surface area contributed by atoms with Gasteiger partial charge >= 0.3 is 11.9 Å². The summed E-state index contributed by atoms with van der Waals surface area (Å²) in [6.07, 6.45) is 0.219. The van der Waals surface area contributed by atoms with Gasteiger partial charge < -0.3 is 15.2 Å². The number of ether oxygens (including phenoxy) is 2. The number of ketones is 1. The number of hydrogen-bond acceptors (Lipinski definition) is 8. The van der Waals surface area contributed by atoms with Crippen LogP contribution in [0.1, 0.15) is 29.4 Å². The molecule has 0 radical (unpaired) electrons. The molecule has 0 unspecified atom stereocenters. The summed E-state index contributed by atoms with van der Waals surface area (Å²) in [6.45, 7) is 0. The lowest BCUT2D eigenvalue weighted by atomic mass is 9.67. The smallest absolute Gasteiger partial charge is 0.338 e. The fraction of sp³-hybridized carbons (Fsp3) is 0.207. The number of thiophene rings is 1. The van der Waals surface area contributed by atoms with Gasteiger partial charge in [0.05, 0.1) is 31.4 Å². The second-order valence-corrected chi connectivity index (χ2v) is 9.82. The van der Waals surface area contributed by atoms with Gasteiger partial charge in [0.1, 0.15) is 17.6 Å². The normalized spacial score (nSPS) is 21.3. The van der Waals surface area contributed by atoms with Gasteiger partial charge in [-0.1, -0.05) is 36.4 Å². The Morgan fingerprint density at radius 1 is 1.03 bits per heavy atom. The quantitative estimate of drug-likeness (QED) is 0.378. The van der Waals surface area contributed by atoms with E-state index in [0.717, 1.165) is 5.56 Å². The number of anilines is 1. The zero-order chi connectivity index (χ0) is 27.0. The molecule has 7 nitrogen and oxygen atoms in total. The van der Waals surface area contributed by atoms with Gasteiger partial charge in [-0.2, -0.15) is 11.3 Å². The van der Waals surface area contributed by atoms with Crippen LogP contribution < -0.4 is 10.6 Å². The number of nitrogens with two attached hydrogens (primary N) is 1. The van der Waals surface area contributed by atoms with Crippen molar-refractivity contribution in [2.45, 2.75) is 18.3 Å². The number of methoxy groups -OCH3 is 2. The zero-order valence-corrected chi connectivity index (χ0v) is 21.5. The van der Waals surface area contributed by atoms with Crippen LogP contribution >= 0.6 is 11.3 Å². The molecule has 1 aromatic heterocycles. The maximum absolute atomic E-state index is 14.4. The maximum atomic E-state index is 14.4. The molecule has 0 fully saturated rings. The molecule has 3 aromatic rings. The molecule has 2 N–H and O–H groups in total. The molecule has 3 atom stereocenters. The highest BCUT2D eigenvalue weighted by Gasteiger charge is 2.51. The zero-order valence-electron chi connectivity index (χ0n) is 20.7. The third kappa shape index (κ3) is 4.18. The van der Waals surface area contributed by atoms with Crippen LogP contribution in [0.25, 0.3) is 0 Å². The van der Waals surface area contributed by atoms with Crippen molar-refractivity contribution in [3.63, 3.8) is 0 Å². The third-order valence-corrected chi connectivity index (χ3v) is 7.77. The van der Waals surface area contributed by atoms with E-state index in [4.69, 9.17) is 15.2 Å². The van der Waals surface area contributed by atoms with E-state index >= 15 is 0 Å². The minimum Gasteiger partial charge on any atom is -0.468 e. The van der Waals surface area contributed by atoms with Gasteiger partial charge in [-0.15, -0.1) is 0 Å². The molecular weight excluding hydrogens is 507 g/mol. The summed E-state index contributed by atoms with van der Waals surface area (Å²) in [7, 11) is 2.48. The molecule has 5 rings (SSSR count). The highest BCUT2D eigenvalue weighted by Crippen LogP contribution is 2.51. The average Bonchev–Trinajstić information content (AvgIpc) is 3.46. The Balaban J connectivity index is 1.82. The summed E-state index contributed by atoms with van der Waals surface area (Å²) in [6, 6.07) is 16.8. The largest absolute Gasteiger partial charge is 0.468 e. The number of halogens is 1. The van der Waals surface area contributed by atoms with Crippen LogP contribution in [-0.2, 0) is 23.9 Å². The van der Waals surface area contributed by atoms with Crippen LogP contribution in [0.4, 0.5) is 10.1 Å². The number of allylic oxidation sites excluding steroid dienone is 2. The Labute approximate surface area is 223 Å². The van der Waals surface area contributed by atoms with E-state index in [1.807, 2.05) is 41.1 Å². The van der Waals surface area contributed by atoms with Crippen LogP contribution in [0, 0.1) is 11.7 Å². The summed E-state index contributed by atoms with van der Waals surface area (Å²) in [5, 5.41) is 3.66. The van der Waals surface area contributed by atoms with E-state index in [-0.39, 0.29) is 23.4 Å². The standard InChI is InChI=1S/C29H25FN2O5S/c1-36-28(34)23-20(16-7-4-3-5-8-16)14-21-24(26(23)33)22(17-11-12-38-15-17)25(29(35)37-2)27(31)32(21)19-10-6-9-18(30)13-19/h3-13,15,20,22-23H,14,31H2,1-2H3/t20-,22-,23+/m0/s1. The van der Waals surface area contributed by atoms with Gasteiger partial charge in [0.2, 0.25) is 0 Å². The second kappa shape index (κ2) is 10.3. The molecular formula is C29H25FN2O5S. The Morgan fingerprint density at radius 2 is 1.79 bits per heavy atom. The Morgan fingerprint density at radius 3 is 2.42 bits per heavy atom. The fourth-order valence-corrected chi connectivity index (χ4v) is 6.12. The molecule has 38 heavy (non-hydrogen) atoms. The highest BCUT2D eigenvalue weighted by molar-refractivity contribution is 7.08. The van der Waals surface area contributed by atoms with Gasteiger partial charge in [-0.05, 0) is 52.6 Å².